The highest BCUT2D eigenvalue weighted by Gasteiger charge is 2.17. The minimum atomic E-state index is -0.669. The van der Waals surface area contributed by atoms with Crippen LogP contribution in [0.4, 0.5) is 5.69 Å². The maximum absolute atomic E-state index is 12.1. The number of ether oxygens (including phenoxy) is 1. The lowest BCUT2D eigenvalue weighted by Crippen LogP contribution is -2.30. The third kappa shape index (κ3) is 4.49. The summed E-state index contributed by atoms with van der Waals surface area (Å²) < 4.78 is 6.68. The lowest BCUT2D eigenvalue weighted by Gasteiger charge is -2.16. The fourth-order valence-corrected chi connectivity index (χ4v) is 2.46. The van der Waals surface area contributed by atoms with E-state index in [9.17, 15) is 4.79 Å². The van der Waals surface area contributed by atoms with Crippen LogP contribution in [0.15, 0.2) is 42.5 Å². The SMILES string of the molecule is CC(Oc1ccc(I)cc1)C(=O)Nc1c(Cl)cccc1Cl. The standard InChI is InChI=1S/C15H12Cl2INO2/c1-9(21-11-7-5-10(18)6-8-11)15(20)19-14-12(16)3-2-4-13(14)17/h2-9H,1H3,(H,19,20). The Morgan fingerprint density at radius 3 is 2.29 bits per heavy atom. The number of rotatable bonds is 4. The van der Waals surface area contributed by atoms with Crippen molar-refractivity contribution in [2.45, 2.75) is 13.0 Å². The molecule has 0 aliphatic carbocycles. The Bertz CT molecular complexity index is 626. The summed E-state index contributed by atoms with van der Waals surface area (Å²) in [5, 5.41) is 3.45. The second kappa shape index (κ2) is 7.33. The normalized spacial score (nSPS) is 11.8. The first-order valence-electron chi connectivity index (χ1n) is 6.14. The van der Waals surface area contributed by atoms with Gasteiger partial charge in [-0.15, -0.1) is 0 Å². The van der Waals surface area contributed by atoms with E-state index >= 15 is 0 Å². The average Bonchev–Trinajstić information content (AvgIpc) is 2.45. The van der Waals surface area contributed by atoms with Crippen LogP contribution in [0.1, 0.15) is 6.92 Å². The zero-order valence-electron chi connectivity index (χ0n) is 11.1. The number of amides is 1. The first kappa shape index (κ1) is 16.4. The van der Waals surface area contributed by atoms with Gasteiger partial charge >= 0.3 is 0 Å². The number of nitrogens with one attached hydrogen (secondary N) is 1. The van der Waals surface area contributed by atoms with Gasteiger partial charge in [0, 0.05) is 3.57 Å². The largest absolute Gasteiger partial charge is 0.481 e. The number of hydrogen-bond acceptors (Lipinski definition) is 2. The molecule has 0 bridgehead atoms. The number of carbonyl (C=O) groups is 1. The summed E-state index contributed by atoms with van der Waals surface area (Å²) in [5.41, 5.74) is 0.392. The molecule has 0 aliphatic rings. The predicted molar refractivity (Wildman–Crippen MR) is 94.3 cm³/mol. The Labute approximate surface area is 146 Å². The van der Waals surface area contributed by atoms with Crippen LogP contribution in [0.25, 0.3) is 0 Å². The summed E-state index contributed by atoms with van der Waals surface area (Å²) in [5.74, 6) is 0.312. The molecule has 2 rings (SSSR count). The van der Waals surface area contributed by atoms with Gasteiger partial charge in [0.05, 0.1) is 15.7 Å². The molecular formula is C15H12Cl2INO2. The van der Waals surface area contributed by atoms with Gasteiger partial charge in [0.25, 0.3) is 5.91 Å². The summed E-state index contributed by atoms with van der Waals surface area (Å²) in [6.07, 6.45) is -0.669. The third-order valence-electron chi connectivity index (χ3n) is 2.71. The van der Waals surface area contributed by atoms with E-state index in [4.69, 9.17) is 27.9 Å². The van der Waals surface area contributed by atoms with Crippen molar-refractivity contribution in [2.24, 2.45) is 0 Å². The van der Waals surface area contributed by atoms with E-state index in [2.05, 4.69) is 27.9 Å². The van der Waals surface area contributed by atoms with Crippen molar-refractivity contribution in [3.63, 3.8) is 0 Å². The van der Waals surface area contributed by atoms with Gasteiger partial charge in [-0.25, -0.2) is 0 Å². The molecule has 0 saturated carbocycles. The minimum Gasteiger partial charge on any atom is -0.481 e. The first-order valence-corrected chi connectivity index (χ1v) is 7.98. The van der Waals surface area contributed by atoms with Crippen LogP contribution in [-0.2, 0) is 4.79 Å². The molecule has 1 atom stereocenters. The second-order valence-corrected chi connectivity index (χ2v) is 6.36. The van der Waals surface area contributed by atoms with Crippen molar-refractivity contribution in [2.75, 3.05) is 5.32 Å². The second-order valence-electron chi connectivity index (χ2n) is 4.30. The Kier molecular flexibility index (Phi) is 5.72. The lowest BCUT2D eigenvalue weighted by atomic mass is 10.3. The number of hydrogen-bond donors (Lipinski definition) is 1. The van der Waals surface area contributed by atoms with Crippen molar-refractivity contribution in [1.29, 1.82) is 0 Å². The zero-order valence-corrected chi connectivity index (χ0v) is 14.7. The van der Waals surface area contributed by atoms with E-state index in [0.717, 1.165) is 3.57 Å². The van der Waals surface area contributed by atoms with Crippen LogP contribution in [0, 0.1) is 3.57 Å². The summed E-state index contributed by atoms with van der Waals surface area (Å²) >= 11 is 14.2. The molecule has 0 aliphatic heterocycles. The van der Waals surface area contributed by atoms with Gasteiger partial charge in [-0.1, -0.05) is 29.3 Å². The van der Waals surface area contributed by atoms with Crippen LogP contribution < -0.4 is 10.1 Å². The molecule has 0 saturated heterocycles. The maximum Gasteiger partial charge on any atom is 0.265 e. The molecule has 0 fully saturated rings. The van der Waals surface area contributed by atoms with Gasteiger partial charge < -0.3 is 10.1 Å². The van der Waals surface area contributed by atoms with Crippen LogP contribution in [0.5, 0.6) is 5.75 Å². The van der Waals surface area contributed by atoms with Crippen molar-refractivity contribution in [3.8, 4) is 5.75 Å². The summed E-state index contributed by atoms with van der Waals surface area (Å²) in [4.78, 5) is 12.1. The fraction of sp³-hybridized carbons (Fsp3) is 0.133. The van der Waals surface area contributed by atoms with Crippen molar-refractivity contribution in [1.82, 2.24) is 0 Å². The number of anilines is 1. The quantitative estimate of drug-likeness (QED) is 0.686. The number of benzene rings is 2. The van der Waals surface area contributed by atoms with Crippen molar-refractivity contribution >= 4 is 57.4 Å². The predicted octanol–water partition coefficient (Wildman–Crippen LogP) is 5.00. The van der Waals surface area contributed by atoms with Gasteiger partial charge in [0.15, 0.2) is 6.10 Å². The smallest absolute Gasteiger partial charge is 0.265 e. The van der Waals surface area contributed by atoms with Gasteiger partial charge in [-0.2, -0.15) is 0 Å². The Morgan fingerprint density at radius 2 is 1.71 bits per heavy atom. The lowest BCUT2D eigenvalue weighted by molar-refractivity contribution is -0.122. The number of halogens is 3. The van der Waals surface area contributed by atoms with E-state index in [-0.39, 0.29) is 5.91 Å². The van der Waals surface area contributed by atoms with Crippen LogP contribution in [0.3, 0.4) is 0 Å². The molecule has 110 valence electrons. The molecular weight excluding hydrogens is 424 g/mol. The highest BCUT2D eigenvalue weighted by molar-refractivity contribution is 14.1. The van der Waals surface area contributed by atoms with Crippen molar-refractivity contribution < 1.29 is 9.53 Å². The molecule has 2 aromatic rings. The Hall–Kier alpha value is -0.980. The topological polar surface area (TPSA) is 38.3 Å². The molecule has 0 radical (unpaired) electrons. The first-order chi connectivity index (χ1) is 9.97. The van der Waals surface area contributed by atoms with Gasteiger partial charge in [0.2, 0.25) is 0 Å². The van der Waals surface area contributed by atoms with E-state index in [1.54, 1.807) is 25.1 Å². The molecule has 1 unspecified atom stereocenters. The number of para-hydroxylation sites is 1. The maximum atomic E-state index is 12.1. The molecule has 0 spiro atoms. The zero-order chi connectivity index (χ0) is 15.4. The molecule has 21 heavy (non-hydrogen) atoms. The molecule has 3 nitrogen and oxygen atoms in total. The van der Waals surface area contributed by atoms with Crippen LogP contribution in [0.2, 0.25) is 10.0 Å². The van der Waals surface area contributed by atoms with E-state index in [1.807, 2.05) is 24.3 Å². The summed E-state index contributed by atoms with van der Waals surface area (Å²) in [7, 11) is 0. The fourth-order valence-electron chi connectivity index (χ4n) is 1.61. The van der Waals surface area contributed by atoms with E-state index < -0.39 is 6.10 Å². The highest BCUT2D eigenvalue weighted by Crippen LogP contribution is 2.30. The summed E-state index contributed by atoms with van der Waals surface area (Å²) in [6.45, 7) is 1.66. The monoisotopic (exact) mass is 435 g/mol. The molecule has 1 amide bonds. The highest BCUT2D eigenvalue weighted by atomic mass is 127. The summed E-state index contributed by atoms with van der Waals surface area (Å²) in [6, 6.07) is 12.5. The molecule has 2 aromatic carbocycles. The van der Waals surface area contributed by atoms with Gasteiger partial charge in [0.1, 0.15) is 5.75 Å². The van der Waals surface area contributed by atoms with Crippen LogP contribution in [-0.4, -0.2) is 12.0 Å². The molecule has 6 heteroatoms. The van der Waals surface area contributed by atoms with Crippen LogP contribution >= 0.6 is 45.8 Å². The van der Waals surface area contributed by atoms with Gasteiger partial charge in [-0.3, -0.25) is 4.79 Å². The third-order valence-corrected chi connectivity index (χ3v) is 4.06. The molecule has 0 heterocycles. The molecule has 0 aromatic heterocycles. The van der Waals surface area contributed by atoms with Crippen molar-refractivity contribution in [3.05, 3.63) is 56.1 Å². The Morgan fingerprint density at radius 1 is 1.14 bits per heavy atom. The number of carbonyl (C=O) groups excluding carboxylic acids is 1. The molecule has 1 N–H and O–H groups in total. The van der Waals surface area contributed by atoms with Gasteiger partial charge in [-0.05, 0) is 65.9 Å². The Balaban J connectivity index is 2.04. The van der Waals surface area contributed by atoms with E-state index in [1.165, 1.54) is 0 Å². The minimum absolute atomic E-state index is 0.316. The van der Waals surface area contributed by atoms with E-state index in [0.29, 0.717) is 21.5 Å². The average molecular weight is 436 g/mol.